The average molecular weight is 219 g/mol. The molecular formula is C11H13N3O2. The molecule has 5 heteroatoms. The lowest BCUT2D eigenvalue weighted by Gasteiger charge is -2.31. The Balaban J connectivity index is 2.38. The van der Waals surface area contributed by atoms with Gasteiger partial charge in [0.25, 0.3) is 0 Å². The van der Waals surface area contributed by atoms with E-state index in [-0.39, 0.29) is 11.8 Å². The Morgan fingerprint density at radius 2 is 2.25 bits per heavy atom. The lowest BCUT2D eigenvalue weighted by atomic mass is 9.76. The van der Waals surface area contributed by atoms with Gasteiger partial charge in [-0.15, -0.1) is 0 Å². The summed E-state index contributed by atoms with van der Waals surface area (Å²) in [5.74, 6) is -0.109. The minimum atomic E-state index is -0.690. The summed E-state index contributed by atoms with van der Waals surface area (Å²) in [6.07, 6.45) is 2.42. The molecule has 0 aliphatic carbocycles. The van der Waals surface area contributed by atoms with Crippen molar-refractivity contribution in [3.8, 4) is 0 Å². The van der Waals surface area contributed by atoms with Crippen molar-refractivity contribution in [1.29, 1.82) is 0 Å². The van der Waals surface area contributed by atoms with Gasteiger partial charge in [-0.3, -0.25) is 14.9 Å². The van der Waals surface area contributed by atoms with Gasteiger partial charge in [-0.2, -0.15) is 0 Å². The van der Waals surface area contributed by atoms with Gasteiger partial charge in [-0.05, 0) is 31.0 Å². The standard InChI is InChI=1S/C11H13N3O2/c1-11(4-2-9(15)14-10(11)16)7-3-5-13-8(12)6-7/h3,5-6H,2,4H2,1H3,(H2,12,13)(H,14,15,16). The fraction of sp³-hybridized carbons (Fsp3) is 0.364. The summed E-state index contributed by atoms with van der Waals surface area (Å²) in [6.45, 7) is 1.81. The zero-order chi connectivity index (χ0) is 11.8. The van der Waals surface area contributed by atoms with Crippen LogP contribution in [0.3, 0.4) is 0 Å². The molecule has 16 heavy (non-hydrogen) atoms. The molecule has 0 aromatic carbocycles. The summed E-state index contributed by atoms with van der Waals surface area (Å²) in [7, 11) is 0. The topological polar surface area (TPSA) is 85.1 Å². The van der Waals surface area contributed by atoms with E-state index in [2.05, 4.69) is 10.3 Å². The second kappa shape index (κ2) is 3.59. The van der Waals surface area contributed by atoms with Crippen LogP contribution in [0.4, 0.5) is 5.82 Å². The Morgan fingerprint density at radius 3 is 2.88 bits per heavy atom. The van der Waals surface area contributed by atoms with Crippen molar-refractivity contribution >= 4 is 17.6 Å². The summed E-state index contributed by atoms with van der Waals surface area (Å²) in [5.41, 5.74) is 5.69. The number of nitrogens with two attached hydrogens (primary N) is 1. The number of aromatic nitrogens is 1. The molecule has 3 N–H and O–H groups in total. The largest absolute Gasteiger partial charge is 0.384 e. The maximum atomic E-state index is 11.8. The highest BCUT2D eigenvalue weighted by Gasteiger charge is 2.39. The zero-order valence-electron chi connectivity index (χ0n) is 8.99. The first kappa shape index (κ1) is 10.6. The number of imide groups is 1. The number of carbonyl (C=O) groups excluding carboxylic acids is 2. The van der Waals surface area contributed by atoms with Gasteiger partial charge >= 0.3 is 0 Å². The minimum Gasteiger partial charge on any atom is -0.384 e. The van der Waals surface area contributed by atoms with Crippen LogP contribution in [0, 0.1) is 0 Å². The molecule has 1 aliphatic rings. The molecule has 0 saturated carbocycles. The monoisotopic (exact) mass is 219 g/mol. The van der Waals surface area contributed by atoms with Crippen LogP contribution in [-0.4, -0.2) is 16.8 Å². The van der Waals surface area contributed by atoms with Gasteiger partial charge in [0.2, 0.25) is 11.8 Å². The fourth-order valence-corrected chi connectivity index (χ4v) is 1.87. The molecule has 2 rings (SSSR count). The fourth-order valence-electron chi connectivity index (χ4n) is 1.87. The molecule has 2 heterocycles. The number of nitrogens with zero attached hydrogens (tertiary/aromatic N) is 1. The van der Waals surface area contributed by atoms with E-state index in [0.29, 0.717) is 18.7 Å². The van der Waals surface area contributed by atoms with E-state index in [4.69, 9.17) is 5.73 Å². The molecule has 1 atom stereocenters. The number of piperidine rings is 1. The summed E-state index contributed by atoms with van der Waals surface area (Å²) in [6, 6.07) is 3.43. The molecule has 0 spiro atoms. The first-order valence-corrected chi connectivity index (χ1v) is 5.09. The quantitative estimate of drug-likeness (QED) is 0.668. The zero-order valence-corrected chi connectivity index (χ0v) is 8.99. The Labute approximate surface area is 93.0 Å². The normalized spacial score (nSPS) is 25.3. The number of nitrogens with one attached hydrogen (secondary N) is 1. The SMILES string of the molecule is CC1(c2ccnc(N)c2)CCC(=O)NC1=O. The lowest BCUT2D eigenvalue weighted by Crippen LogP contribution is -2.49. The van der Waals surface area contributed by atoms with Crippen LogP contribution in [0.2, 0.25) is 0 Å². The summed E-state index contributed by atoms with van der Waals surface area (Å²) < 4.78 is 0. The average Bonchev–Trinajstić information content (AvgIpc) is 2.24. The highest BCUT2D eigenvalue weighted by Crippen LogP contribution is 2.32. The number of hydrogen-bond acceptors (Lipinski definition) is 4. The smallest absolute Gasteiger partial charge is 0.236 e. The van der Waals surface area contributed by atoms with Crippen molar-refractivity contribution < 1.29 is 9.59 Å². The number of carbonyl (C=O) groups is 2. The molecule has 1 unspecified atom stereocenters. The molecule has 0 radical (unpaired) electrons. The van der Waals surface area contributed by atoms with Gasteiger partial charge < -0.3 is 5.73 Å². The molecule has 1 fully saturated rings. The maximum Gasteiger partial charge on any atom is 0.236 e. The summed E-state index contributed by atoms with van der Waals surface area (Å²) in [5, 5.41) is 2.35. The highest BCUT2D eigenvalue weighted by molar-refractivity contribution is 6.03. The van der Waals surface area contributed by atoms with Crippen molar-refractivity contribution in [1.82, 2.24) is 10.3 Å². The molecule has 2 amide bonds. The lowest BCUT2D eigenvalue weighted by molar-refractivity contribution is -0.137. The predicted molar refractivity (Wildman–Crippen MR) is 58.4 cm³/mol. The van der Waals surface area contributed by atoms with E-state index in [0.717, 1.165) is 5.56 Å². The van der Waals surface area contributed by atoms with E-state index in [1.807, 2.05) is 6.92 Å². The van der Waals surface area contributed by atoms with Crippen molar-refractivity contribution in [2.24, 2.45) is 0 Å². The first-order chi connectivity index (χ1) is 7.52. The van der Waals surface area contributed by atoms with Crippen molar-refractivity contribution in [3.05, 3.63) is 23.9 Å². The van der Waals surface area contributed by atoms with Gasteiger partial charge in [0.15, 0.2) is 0 Å². The third-order valence-corrected chi connectivity index (χ3v) is 3.02. The van der Waals surface area contributed by atoms with E-state index in [1.165, 1.54) is 0 Å². The number of pyridine rings is 1. The number of anilines is 1. The van der Waals surface area contributed by atoms with Gasteiger partial charge in [-0.25, -0.2) is 4.98 Å². The van der Waals surface area contributed by atoms with E-state index in [9.17, 15) is 9.59 Å². The van der Waals surface area contributed by atoms with Gasteiger partial charge in [0.1, 0.15) is 5.82 Å². The van der Waals surface area contributed by atoms with Crippen LogP contribution in [0.1, 0.15) is 25.3 Å². The predicted octanol–water partition coefficient (Wildman–Crippen LogP) is 0.358. The van der Waals surface area contributed by atoms with Crippen LogP contribution in [0.5, 0.6) is 0 Å². The number of hydrogen-bond donors (Lipinski definition) is 2. The molecule has 84 valence electrons. The second-order valence-corrected chi connectivity index (χ2v) is 4.18. The molecule has 1 aromatic heterocycles. The van der Waals surface area contributed by atoms with Crippen LogP contribution < -0.4 is 11.1 Å². The molecule has 1 aromatic rings. The van der Waals surface area contributed by atoms with Gasteiger partial charge in [-0.1, -0.05) is 0 Å². The van der Waals surface area contributed by atoms with Crippen LogP contribution in [-0.2, 0) is 15.0 Å². The van der Waals surface area contributed by atoms with Crippen LogP contribution in [0.15, 0.2) is 18.3 Å². The van der Waals surface area contributed by atoms with Crippen LogP contribution in [0.25, 0.3) is 0 Å². The molecule has 5 nitrogen and oxygen atoms in total. The first-order valence-electron chi connectivity index (χ1n) is 5.09. The highest BCUT2D eigenvalue weighted by atomic mass is 16.2. The van der Waals surface area contributed by atoms with Crippen LogP contribution >= 0.6 is 0 Å². The Kier molecular flexibility index (Phi) is 2.38. The third-order valence-electron chi connectivity index (χ3n) is 3.02. The summed E-state index contributed by atoms with van der Waals surface area (Å²) in [4.78, 5) is 26.8. The maximum absolute atomic E-state index is 11.8. The number of rotatable bonds is 1. The van der Waals surface area contributed by atoms with Gasteiger partial charge in [0, 0.05) is 12.6 Å². The second-order valence-electron chi connectivity index (χ2n) is 4.18. The third kappa shape index (κ3) is 1.64. The van der Waals surface area contributed by atoms with E-state index in [1.54, 1.807) is 18.3 Å². The van der Waals surface area contributed by atoms with E-state index < -0.39 is 5.41 Å². The minimum absolute atomic E-state index is 0.218. The Hall–Kier alpha value is -1.91. The van der Waals surface area contributed by atoms with Crippen molar-refractivity contribution in [2.45, 2.75) is 25.2 Å². The van der Waals surface area contributed by atoms with Gasteiger partial charge in [0.05, 0.1) is 5.41 Å². The van der Waals surface area contributed by atoms with Crippen molar-refractivity contribution in [2.75, 3.05) is 5.73 Å². The number of nitrogen functional groups attached to an aromatic ring is 1. The van der Waals surface area contributed by atoms with E-state index >= 15 is 0 Å². The molecule has 0 bridgehead atoms. The molecule has 1 saturated heterocycles. The molecule has 1 aliphatic heterocycles. The summed E-state index contributed by atoms with van der Waals surface area (Å²) >= 11 is 0. The Bertz CT molecular complexity index is 458. The molecular weight excluding hydrogens is 206 g/mol. The number of amides is 2. The van der Waals surface area contributed by atoms with Crippen molar-refractivity contribution in [3.63, 3.8) is 0 Å². The Morgan fingerprint density at radius 1 is 1.50 bits per heavy atom.